The highest BCUT2D eigenvalue weighted by molar-refractivity contribution is 5.90. The van der Waals surface area contributed by atoms with Crippen molar-refractivity contribution in [2.24, 2.45) is 5.41 Å². The first-order valence-electron chi connectivity index (χ1n) is 7.61. The number of aryl methyl sites for hydroxylation is 1. The first-order valence-corrected chi connectivity index (χ1v) is 7.61. The van der Waals surface area contributed by atoms with E-state index in [4.69, 9.17) is 0 Å². The van der Waals surface area contributed by atoms with E-state index >= 15 is 0 Å². The molecule has 0 aliphatic heterocycles. The first kappa shape index (κ1) is 15.0. The van der Waals surface area contributed by atoms with Gasteiger partial charge in [-0.3, -0.25) is 9.89 Å². The van der Waals surface area contributed by atoms with Crippen LogP contribution >= 0.6 is 0 Å². The number of amides is 1. The van der Waals surface area contributed by atoms with Crippen LogP contribution in [0.15, 0.2) is 0 Å². The van der Waals surface area contributed by atoms with Crippen molar-refractivity contribution < 1.29 is 4.79 Å². The predicted octanol–water partition coefficient (Wildman–Crippen LogP) is 2.80. The van der Waals surface area contributed by atoms with E-state index in [1.165, 1.54) is 12.8 Å². The molecule has 0 atom stereocenters. The molecule has 112 valence electrons. The van der Waals surface area contributed by atoms with Gasteiger partial charge in [-0.05, 0) is 37.5 Å². The maximum Gasteiger partial charge on any atom is 0.293 e. The lowest BCUT2D eigenvalue weighted by molar-refractivity contribution is 0.0624. The Morgan fingerprint density at radius 3 is 2.65 bits per heavy atom. The molecule has 1 aliphatic rings. The number of aromatic nitrogens is 3. The third kappa shape index (κ3) is 3.38. The van der Waals surface area contributed by atoms with Crippen molar-refractivity contribution in [3.8, 4) is 0 Å². The molecule has 1 saturated carbocycles. The molecule has 0 unspecified atom stereocenters. The second kappa shape index (κ2) is 5.94. The standard InChI is InChI=1S/C15H26N4O/c1-5-6-12-16-13(18-17-12)14(20)19(4)11-7-9-15(2,3)10-8-11/h11H,5-10H2,1-4H3,(H,16,17,18). The van der Waals surface area contributed by atoms with Gasteiger partial charge < -0.3 is 4.90 Å². The molecule has 0 aromatic carbocycles. The molecule has 1 amide bonds. The van der Waals surface area contributed by atoms with Gasteiger partial charge in [0.2, 0.25) is 5.82 Å². The van der Waals surface area contributed by atoms with E-state index in [1.807, 2.05) is 11.9 Å². The Kier molecular flexibility index (Phi) is 4.45. The van der Waals surface area contributed by atoms with Gasteiger partial charge in [-0.15, -0.1) is 5.10 Å². The first-order chi connectivity index (χ1) is 9.43. The number of H-pyrrole nitrogens is 1. The van der Waals surface area contributed by atoms with Crippen LogP contribution in [0, 0.1) is 5.41 Å². The molecule has 2 rings (SSSR count). The minimum atomic E-state index is -0.0618. The summed E-state index contributed by atoms with van der Waals surface area (Å²) in [5.41, 5.74) is 0.416. The topological polar surface area (TPSA) is 61.9 Å². The second-order valence-corrected chi connectivity index (χ2v) is 6.67. The number of carbonyl (C=O) groups excluding carboxylic acids is 1. The monoisotopic (exact) mass is 278 g/mol. The Morgan fingerprint density at radius 1 is 1.40 bits per heavy atom. The van der Waals surface area contributed by atoms with Gasteiger partial charge in [0, 0.05) is 19.5 Å². The molecule has 1 aliphatic carbocycles. The van der Waals surface area contributed by atoms with Crippen molar-refractivity contribution in [2.75, 3.05) is 7.05 Å². The fraction of sp³-hybridized carbons (Fsp3) is 0.800. The van der Waals surface area contributed by atoms with E-state index in [9.17, 15) is 4.79 Å². The van der Waals surface area contributed by atoms with Gasteiger partial charge in [-0.2, -0.15) is 0 Å². The summed E-state index contributed by atoms with van der Waals surface area (Å²) in [4.78, 5) is 18.5. The zero-order valence-corrected chi connectivity index (χ0v) is 13.1. The smallest absolute Gasteiger partial charge is 0.293 e. The van der Waals surface area contributed by atoms with Gasteiger partial charge in [-0.1, -0.05) is 20.8 Å². The van der Waals surface area contributed by atoms with Crippen molar-refractivity contribution in [3.05, 3.63) is 11.6 Å². The summed E-state index contributed by atoms with van der Waals surface area (Å²) in [5.74, 6) is 1.04. The van der Waals surface area contributed by atoms with Gasteiger partial charge in [-0.25, -0.2) is 4.98 Å². The largest absolute Gasteiger partial charge is 0.336 e. The van der Waals surface area contributed by atoms with Crippen molar-refractivity contribution in [1.29, 1.82) is 0 Å². The van der Waals surface area contributed by atoms with E-state index in [1.54, 1.807) is 0 Å². The molecule has 1 heterocycles. The summed E-state index contributed by atoms with van der Waals surface area (Å²) in [6, 6.07) is 0.323. The van der Waals surface area contributed by atoms with Crippen LogP contribution in [0.2, 0.25) is 0 Å². The number of nitrogens with zero attached hydrogens (tertiary/aromatic N) is 3. The quantitative estimate of drug-likeness (QED) is 0.921. The average Bonchev–Trinajstić information content (AvgIpc) is 2.86. The van der Waals surface area contributed by atoms with Crippen molar-refractivity contribution in [3.63, 3.8) is 0 Å². The average molecular weight is 278 g/mol. The third-order valence-corrected chi connectivity index (χ3v) is 4.39. The van der Waals surface area contributed by atoms with Gasteiger partial charge in [0.25, 0.3) is 5.91 Å². The molecule has 0 radical (unpaired) electrons. The number of hydrogen-bond acceptors (Lipinski definition) is 3. The molecule has 1 fully saturated rings. The maximum atomic E-state index is 12.4. The molecule has 1 aromatic rings. The van der Waals surface area contributed by atoms with Crippen LogP contribution in [0.1, 0.15) is 69.3 Å². The maximum absolute atomic E-state index is 12.4. The van der Waals surface area contributed by atoms with E-state index < -0.39 is 0 Å². The molecule has 0 saturated heterocycles. The number of rotatable bonds is 4. The van der Waals surface area contributed by atoms with E-state index in [0.29, 0.717) is 17.3 Å². The predicted molar refractivity (Wildman–Crippen MR) is 78.5 cm³/mol. The van der Waals surface area contributed by atoms with Crippen molar-refractivity contribution in [1.82, 2.24) is 20.1 Å². The molecular weight excluding hydrogens is 252 g/mol. The van der Waals surface area contributed by atoms with Crippen LogP contribution < -0.4 is 0 Å². The Labute approximate surface area is 121 Å². The zero-order chi connectivity index (χ0) is 14.8. The number of carbonyl (C=O) groups is 1. The fourth-order valence-electron chi connectivity index (χ4n) is 2.83. The summed E-state index contributed by atoms with van der Waals surface area (Å²) in [5, 5.41) is 6.90. The summed E-state index contributed by atoms with van der Waals surface area (Å²) >= 11 is 0. The van der Waals surface area contributed by atoms with Crippen LogP contribution in [0.3, 0.4) is 0 Å². The van der Waals surface area contributed by atoms with Crippen LogP contribution in [-0.4, -0.2) is 39.1 Å². The van der Waals surface area contributed by atoms with Crippen LogP contribution in [-0.2, 0) is 6.42 Å². The highest BCUT2D eigenvalue weighted by atomic mass is 16.2. The molecule has 5 heteroatoms. The van der Waals surface area contributed by atoms with Gasteiger partial charge in [0.1, 0.15) is 5.82 Å². The van der Waals surface area contributed by atoms with E-state index in [2.05, 4.69) is 36.0 Å². The minimum Gasteiger partial charge on any atom is -0.336 e. The normalized spacial score (nSPS) is 19.0. The molecule has 1 aromatic heterocycles. The molecule has 1 N–H and O–H groups in total. The highest BCUT2D eigenvalue weighted by Crippen LogP contribution is 2.36. The van der Waals surface area contributed by atoms with Gasteiger partial charge in [0.15, 0.2) is 0 Å². The van der Waals surface area contributed by atoms with E-state index in [-0.39, 0.29) is 5.91 Å². The number of nitrogens with one attached hydrogen (secondary N) is 1. The lowest BCUT2D eigenvalue weighted by Gasteiger charge is -2.38. The molecule has 20 heavy (non-hydrogen) atoms. The lowest BCUT2D eigenvalue weighted by Crippen LogP contribution is -2.41. The van der Waals surface area contributed by atoms with Gasteiger partial charge in [0.05, 0.1) is 0 Å². The van der Waals surface area contributed by atoms with Crippen molar-refractivity contribution in [2.45, 2.75) is 65.3 Å². The summed E-state index contributed by atoms with van der Waals surface area (Å²) in [6.45, 7) is 6.69. The Hall–Kier alpha value is -1.39. The van der Waals surface area contributed by atoms with Crippen LogP contribution in [0.25, 0.3) is 0 Å². The summed E-state index contributed by atoms with van der Waals surface area (Å²) in [6.07, 6.45) is 6.32. The Bertz CT molecular complexity index is 456. The number of hydrogen-bond donors (Lipinski definition) is 1. The van der Waals surface area contributed by atoms with E-state index in [0.717, 1.165) is 31.5 Å². The summed E-state index contributed by atoms with van der Waals surface area (Å²) in [7, 11) is 1.88. The minimum absolute atomic E-state index is 0.0618. The Morgan fingerprint density at radius 2 is 2.05 bits per heavy atom. The molecule has 0 bridgehead atoms. The fourth-order valence-corrected chi connectivity index (χ4v) is 2.83. The summed E-state index contributed by atoms with van der Waals surface area (Å²) < 4.78 is 0. The molecule has 0 spiro atoms. The number of aromatic amines is 1. The molecular formula is C15H26N4O. The van der Waals surface area contributed by atoms with Crippen molar-refractivity contribution >= 4 is 5.91 Å². The van der Waals surface area contributed by atoms with Gasteiger partial charge >= 0.3 is 0 Å². The van der Waals surface area contributed by atoms with Crippen LogP contribution in [0.5, 0.6) is 0 Å². The zero-order valence-electron chi connectivity index (χ0n) is 13.1. The molecule has 5 nitrogen and oxygen atoms in total. The Balaban J connectivity index is 1.97. The highest BCUT2D eigenvalue weighted by Gasteiger charge is 2.31. The SMILES string of the molecule is CCCc1nc(C(=O)N(C)C2CCC(C)(C)CC2)n[nH]1. The third-order valence-electron chi connectivity index (χ3n) is 4.39. The van der Waals surface area contributed by atoms with Crippen LogP contribution in [0.4, 0.5) is 0 Å². The lowest BCUT2D eigenvalue weighted by atomic mass is 9.75. The second-order valence-electron chi connectivity index (χ2n) is 6.67.